The van der Waals surface area contributed by atoms with Crippen LogP contribution in [0.4, 0.5) is 0 Å². The van der Waals surface area contributed by atoms with Crippen LogP contribution in [0.1, 0.15) is 41.5 Å². The number of ether oxygens (including phenoxy) is 1. The predicted molar refractivity (Wildman–Crippen MR) is 188 cm³/mol. The molecule has 0 aliphatic carbocycles. The summed E-state index contributed by atoms with van der Waals surface area (Å²) in [6, 6.07) is 41.7. The number of hydrogen-bond donors (Lipinski definition) is 2. The predicted octanol–water partition coefficient (Wildman–Crippen LogP) is 4.63. The minimum Gasteiger partial charge on any atom is -0.405 e. The van der Waals surface area contributed by atoms with Crippen LogP contribution in [0.25, 0.3) is 0 Å². The van der Waals surface area contributed by atoms with Crippen molar-refractivity contribution in [1.29, 1.82) is 0 Å². The first-order valence-electron chi connectivity index (χ1n) is 15.9. The van der Waals surface area contributed by atoms with Gasteiger partial charge in [-0.05, 0) is 30.8 Å². The quantitative estimate of drug-likeness (QED) is 0.248. The first kappa shape index (κ1) is 33.5. The summed E-state index contributed by atoms with van der Waals surface area (Å²) < 4.78 is 20.6. The lowest BCUT2D eigenvalue weighted by Gasteiger charge is -2.44. The summed E-state index contributed by atoms with van der Waals surface area (Å²) in [5.74, 6) is 0. The summed E-state index contributed by atoms with van der Waals surface area (Å²) in [5.41, 5.74) is 0. The molecule has 0 radical (unpaired) electrons. The lowest BCUT2D eigenvalue weighted by atomic mass is 10.1. The van der Waals surface area contributed by atoms with E-state index in [0.717, 1.165) is 20.7 Å². The largest absolute Gasteiger partial charge is 0.405 e. The van der Waals surface area contributed by atoms with Gasteiger partial charge in [0.25, 0.3) is 16.6 Å². The Kier molecular flexibility index (Phi) is 10.0. The van der Waals surface area contributed by atoms with Gasteiger partial charge in [-0.2, -0.15) is 0 Å². The number of aliphatic hydroxyl groups excluding tert-OH is 2. The maximum Gasteiger partial charge on any atom is 0.261 e. The summed E-state index contributed by atoms with van der Waals surface area (Å²) in [5, 5.41) is 26.8. The Morgan fingerprint density at radius 1 is 0.489 bits per heavy atom. The van der Waals surface area contributed by atoms with Crippen LogP contribution in [0.15, 0.2) is 121 Å². The summed E-state index contributed by atoms with van der Waals surface area (Å²) in [4.78, 5) is 0. The van der Waals surface area contributed by atoms with Crippen LogP contribution in [0.2, 0.25) is 10.1 Å². The molecule has 1 saturated heterocycles. The molecule has 1 aliphatic rings. The molecule has 0 amide bonds. The standard InChI is InChI=1S/C38H48O5Si2/c1-37(2,3)44(29-19-11-7-12-20-29,30-21-13-8-14-22-30)41-27-33-35(39)36(40)34(43-33)28-42-45(38(4,5)6,31-23-15-9-16-24-31)32-25-17-10-18-26-32/h7-26,33-36,39-40H,27-28H2,1-6H3/t33-,34-,35+,36+/m0/s1. The molecule has 1 fully saturated rings. The van der Waals surface area contributed by atoms with E-state index in [0.29, 0.717) is 0 Å². The van der Waals surface area contributed by atoms with Crippen molar-refractivity contribution >= 4 is 37.4 Å². The van der Waals surface area contributed by atoms with Gasteiger partial charge in [0.1, 0.15) is 24.4 Å². The molecule has 0 saturated carbocycles. The van der Waals surface area contributed by atoms with E-state index in [2.05, 4.69) is 139 Å². The Morgan fingerprint density at radius 2 is 0.733 bits per heavy atom. The normalized spacial score (nSPS) is 21.2. The molecule has 0 unspecified atom stereocenters. The van der Waals surface area contributed by atoms with Gasteiger partial charge in [-0.25, -0.2) is 0 Å². The first-order chi connectivity index (χ1) is 21.4. The molecular formula is C38H48O5Si2. The monoisotopic (exact) mass is 640 g/mol. The Hall–Kier alpha value is -2.89. The molecule has 4 atom stereocenters. The smallest absolute Gasteiger partial charge is 0.261 e. The summed E-state index contributed by atoms with van der Waals surface area (Å²) >= 11 is 0. The molecule has 1 heterocycles. The first-order valence-corrected chi connectivity index (χ1v) is 19.7. The summed E-state index contributed by atoms with van der Waals surface area (Å²) in [6.07, 6.45) is -3.60. The van der Waals surface area contributed by atoms with Crippen LogP contribution >= 0.6 is 0 Å². The van der Waals surface area contributed by atoms with Crippen molar-refractivity contribution in [1.82, 2.24) is 0 Å². The molecule has 238 valence electrons. The van der Waals surface area contributed by atoms with Gasteiger partial charge in [0.15, 0.2) is 0 Å². The van der Waals surface area contributed by atoms with Crippen LogP contribution in [0.3, 0.4) is 0 Å². The molecule has 2 N–H and O–H groups in total. The third-order valence-electron chi connectivity index (χ3n) is 9.22. The van der Waals surface area contributed by atoms with E-state index in [1.165, 1.54) is 0 Å². The second-order valence-electron chi connectivity index (χ2n) is 14.1. The average Bonchev–Trinajstić information content (AvgIpc) is 3.30. The van der Waals surface area contributed by atoms with Gasteiger partial charge >= 0.3 is 0 Å². The Morgan fingerprint density at radius 3 is 0.956 bits per heavy atom. The molecule has 0 bridgehead atoms. The van der Waals surface area contributed by atoms with E-state index in [-0.39, 0.29) is 23.3 Å². The summed E-state index contributed by atoms with van der Waals surface area (Å²) in [7, 11) is -5.70. The Labute approximate surface area is 271 Å². The SMILES string of the molecule is CC(C)(C)[Si](OC[C@@H]1O[C@@H](CO[Si](c2ccccc2)(c2ccccc2)C(C)(C)C)[C@@H](O)[C@@H]1O)(c1ccccc1)c1ccccc1. The summed E-state index contributed by atoms with van der Waals surface area (Å²) in [6.45, 7) is 13.6. The van der Waals surface area contributed by atoms with Crippen LogP contribution < -0.4 is 20.7 Å². The average molecular weight is 641 g/mol. The maximum atomic E-state index is 11.3. The van der Waals surface area contributed by atoms with Gasteiger partial charge < -0.3 is 23.8 Å². The number of aliphatic hydroxyl groups is 2. The van der Waals surface area contributed by atoms with Crippen LogP contribution in [-0.2, 0) is 13.6 Å². The zero-order chi connectivity index (χ0) is 32.3. The van der Waals surface area contributed by atoms with E-state index in [1.807, 2.05) is 24.3 Å². The third kappa shape index (κ3) is 6.40. The highest BCUT2D eigenvalue weighted by Gasteiger charge is 2.54. The molecule has 0 aromatic heterocycles. The molecular weight excluding hydrogens is 593 g/mol. The highest BCUT2D eigenvalue weighted by Crippen LogP contribution is 2.39. The molecule has 45 heavy (non-hydrogen) atoms. The fraction of sp³-hybridized carbons (Fsp3) is 0.368. The van der Waals surface area contributed by atoms with Gasteiger partial charge in [-0.3, -0.25) is 0 Å². The lowest BCUT2D eigenvalue weighted by molar-refractivity contribution is -0.0340. The molecule has 5 rings (SSSR count). The lowest BCUT2D eigenvalue weighted by Crippen LogP contribution is -2.67. The van der Waals surface area contributed by atoms with Crippen molar-refractivity contribution < 1.29 is 23.8 Å². The topological polar surface area (TPSA) is 68.2 Å². The van der Waals surface area contributed by atoms with Crippen LogP contribution in [-0.4, -0.2) is 64.5 Å². The number of benzene rings is 4. The van der Waals surface area contributed by atoms with E-state index in [9.17, 15) is 10.2 Å². The van der Waals surface area contributed by atoms with Crippen LogP contribution in [0.5, 0.6) is 0 Å². The maximum absolute atomic E-state index is 11.3. The van der Waals surface area contributed by atoms with Crippen molar-refractivity contribution in [3.63, 3.8) is 0 Å². The van der Waals surface area contributed by atoms with Crippen molar-refractivity contribution in [2.45, 2.75) is 76.0 Å². The number of hydrogen-bond acceptors (Lipinski definition) is 5. The second-order valence-corrected chi connectivity index (χ2v) is 22.8. The van der Waals surface area contributed by atoms with E-state index >= 15 is 0 Å². The zero-order valence-corrected chi connectivity index (χ0v) is 29.4. The van der Waals surface area contributed by atoms with Gasteiger partial charge in [-0.15, -0.1) is 0 Å². The minimum atomic E-state index is -2.85. The molecule has 4 aromatic carbocycles. The molecule has 7 heteroatoms. The van der Waals surface area contributed by atoms with Gasteiger partial charge in [-0.1, -0.05) is 163 Å². The molecule has 0 spiro atoms. The van der Waals surface area contributed by atoms with E-state index in [1.54, 1.807) is 0 Å². The van der Waals surface area contributed by atoms with Crippen molar-refractivity contribution in [2.75, 3.05) is 13.2 Å². The molecule has 4 aromatic rings. The van der Waals surface area contributed by atoms with E-state index < -0.39 is 41.1 Å². The second kappa shape index (κ2) is 13.5. The Bertz CT molecular complexity index is 1290. The van der Waals surface area contributed by atoms with Gasteiger partial charge in [0.2, 0.25) is 0 Å². The Balaban J connectivity index is 1.42. The molecule has 5 nitrogen and oxygen atoms in total. The highest BCUT2D eigenvalue weighted by molar-refractivity contribution is 7.00. The van der Waals surface area contributed by atoms with Crippen molar-refractivity contribution in [3.8, 4) is 0 Å². The van der Waals surface area contributed by atoms with Gasteiger partial charge in [0, 0.05) is 0 Å². The fourth-order valence-corrected chi connectivity index (χ4v) is 16.2. The van der Waals surface area contributed by atoms with Crippen molar-refractivity contribution in [3.05, 3.63) is 121 Å². The highest BCUT2D eigenvalue weighted by atomic mass is 28.4. The van der Waals surface area contributed by atoms with Crippen LogP contribution in [0, 0.1) is 0 Å². The third-order valence-corrected chi connectivity index (χ3v) is 19.2. The van der Waals surface area contributed by atoms with Crippen molar-refractivity contribution in [2.24, 2.45) is 0 Å². The van der Waals surface area contributed by atoms with Gasteiger partial charge in [0.05, 0.1) is 13.2 Å². The number of rotatable bonds is 10. The molecule has 1 aliphatic heterocycles. The van der Waals surface area contributed by atoms with E-state index in [4.69, 9.17) is 13.6 Å². The zero-order valence-electron chi connectivity index (χ0n) is 27.4. The minimum absolute atomic E-state index is 0.154. The fourth-order valence-electron chi connectivity index (χ4n) is 7.04.